The molecule has 0 spiro atoms. The highest BCUT2D eigenvalue weighted by Gasteiger charge is 1.94. The Labute approximate surface area is 69.7 Å². The fraction of sp³-hybridized carbons (Fsp3) is 0.750. The van der Waals surface area contributed by atoms with E-state index in [-0.39, 0.29) is 4.65 Å². The van der Waals surface area contributed by atoms with E-state index in [2.05, 4.69) is 6.58 Å². The first-order valence-electron chi connectivity index (χ1n) is 3.83. The normalized spacial score (nSPS) is 9.91. The summed E-state index contributed by atoms with van der Waals surface area (Å²) >= 11 is 0. The maximum absolute atomic E-state index is 10.6. The Bertz CT molecular complexity index is 86.6. The van der Waals surface area contributed by atoms with Crippen LogP contribution in [-0.2, 0) is 0 Å². The minimum absolute atomic E-state index is 0.156. The average Bonchev–Trinajstić information content (AvgIpc) is 1.86. The van der Waals surface area contributed by atoms with Crippen LogP contribution in [0.3, 0.4) is 0 Å². The zero-order valence-corrected chi connectivity index (χ0v) is 7.84. The van der Waals surface area contributed by atoms with Gasteiger partial charge in [0.05, 0.1) is 20.6 Å². The van der Waals surface area contributed by atoms with Crippen LogP contribution >= 0.6 is 0 Å². The molecule has 2 N–H and O–H groups in total. The first-order valence-corrected chi connectivity index (χ1v) is 3.83. The van der Waals surface area contributed by atoms with Crippen LogP contribution in [0, 0.1) is 5.21 Å². The van der Waals surface area contributed by atoms with Crippen LogP contribution in [0.2, 0.25) is 0 Å². The van der Waals surface area contributed by atoms with Crippen LogP contribution in [0.4, 0.5) is 0 Å². The van der Waals surface area contributed by atoms with E-state index < -0.39 is 0 Å². The maximum atomic E-state index is 10.6. The predicted molar refractivity (Wildman–Crippen MR) is 49.9 cm³/mol. The molecule has 0 amide bonds. The topological polar surface area (TPSA) is 49.1 Å². The summed E-state index contributed by atoms with van der Waals surface area (Å²) in [5, 5.41) is 10.6. The van der Waals surface area contributed by atoms with Gasteiger partial charge in [0.1, 0.15) is 0 Å². The Hall–Kier alpha value is -0.380. The predicted octanol–water partition coefficient (Wildman–Crippen LogP) is 1.10. The number of nitrogens with zero attached hydrogens (tertiary/aromatic N) is 1. The Kier molecular flexibility index (Phi) is 9.29. The zero-order valence-electron chi connectivity index (χ0n) is 7.84. The second kappa shape index (κ2) is 7.72. The lowest BCUT2D eigenvalue weighted by Gasteiger charge is -2.33. The van der Waals surface area contributed by atoms with E-state index in [4.69, 9.17) is 5.73 Å². The number of hydrogen-bond donors (Lipinski definition) is 1. The highest BCUT2D eigenvalue weighted by Crippen LogP contribution is 1.92. The first kappa shape index (κ1) is 13.2. The lowest BCUT2D eigenvalue weighted by atomic mass is 10.5. The molecule has 0 aromatic heterocycles. The lowest BCUT2D eigenvalue weighted by molar-refractivity contribution is -0.839. The van der Waals surface area contributed by atoms with Crippen LogP contribution < -0.4 is 5.73 Å². The molecule has 0 aromatic carbocycles. The Balaban J connectivity index is 0. The van der Waals surface area contributed by atoms with Crippen molar-refractivity contribution in [3.8, 4) is 0 Å². The van der Waals surface area contributed by atoms with Crippen molar-refractivity contribution in [2.24, 2.45) is 5.73 Å². The summed E-state index contributed by atoms with van der Waals surface area (Å²) in [7, 11) is 3.31. The van der Waals surface area contributed by atoms with E-state index in [0.29, 0.717) is 6.54 Å². The molecule has 0 aliphatic rings. The number of rotatable bonds is 3. The van der Waals surface area contributed by atoms with Gasteiger partial charge in [0, 0.05) is 6.54 Å². The molecular formula is C8H20N2O. The van der Waals surface area contributed by atoms with Crippen LogP contribution in [0.5, 0.6) is 0 Å². The van der Waals surface area contributed by atoms with Crippen molar-refractivity contribution in [1.29, 1.82) is 0 Å². The van der Waals surface area contributed by atoms with E-state index in [1.165, 1.54) is 0 Å². The smallest absolute Gasteiger partial charge is 0.0777 e. The molecule has 11 heavy (non-hydrogen) atoms. The van der Waals surface area contributed by atoms with Crippen molar-refractivity contribution in [3.63, 3.8) is 0 Å². The average molecular weight is 160 g/mol. The first-order chi connectivity index (χ1) is 4.97. The summed E-state index contributed by atoms with van der Waals surface area (Å²) in [5.41, 5.74) is 4.91. The van der Waals surface area contributed by atoms with Crippen molar-refractivity contribution in [2.45, 2.75) is 13.3 Å². The van der Waals surface area contributed by atoms with Gasteiger partial charge in [-0.1, -0.05) is 13.0 Å². The third-order valence-electron chi connectivity index (χ3n) is 0.929. The Morgan fingerprint density at radius 3 is 1.91 bits per heavy atom. The third kappa shape index (κ3) is 26.2. The molecule has 0 atom stereocenters. The molecule has 3 heteroatoms. The van der Waals surface area contributed by atoms with Gasteiger partial charge in [-0.15, -0.1) is 6.58 Å². The van der Waals surface area contributed by atoms with Gasteiger partial charge < -0.3 is 15.6 Å². The molecule has 0 unspecified atom stereocenters. The summed E-state index contributed by atoms with van der Waals surface area (Å²) in [6, 6.07) is 0. The van der Waals surface area contributed by atoms with E-state index in [1.807, 2.05) is 6.92 Å². The second-order valence-corrected chi connectivity index (χ2v) is 2.82. The quantitative estimate of drug-likeness (QED) is 0.382. The molecule has 0 heterocycles. The van der Waals surface area contributed by atoms with E-state index in [9.17, 15) is 5.21 Å². The monoisotopic (exact) mass is 160 g/mol. The SMILES string of the molecule is C=CCN.CCC[N+](C)(C)[O-]. The van der Waals surface area contributed by atoms with Crippen LogP contribution in [0.1, 0.15) is 13.3 Å². The summed E-state index contributed by atoms with van der Waals surface area (Å²) in [6.45, 7) is 6.67. The fourth-order valence-corrected chi connectivity index (χ4v) is 0.539. The van der Waals surface area contributed by atoms with Crippen molar-refractivity contribution in [2.75, 3.05) is 27.2 Å². The van der Waals surface area contributed by atoms with Gasteiger partial charge in [-0.2, -0.15) is 0 Å². The minimum Gasteiger partial charge on any atom is -0.633 e. The second-order valence-electron chi connectivity index (χ2n) is 2.82. The molecule has 68 valence electrons. The number of hydroxylamine groups is 3. The minimum atomic E-state index is -0.156. The number of quaternary nitrogens is 1. The van der Waals surface area contributed by atoms with Gasteiger partial charge in [-0.25, -0.2) is 0 Å². The molecular weight excluding hydrogens is 140 g/mol. The lowest BCUT2D eigenvalue weighted by Crippen LogP contribution is -2.32. The van der Waals surface area contributed by atoms with Crippen LogP contribution in [0.25, 0.3) is 0 Å². The summed E-state index contributed by atoms with van der Waals surface area (Å²) in [6.07, 6.45) is 2.62. The van der Waals surface area contributed by atoms with Crippen molar-refractivity contribution >= 4 is 0 Å². The third-order valence-corrected chi connectivity index (χ3v) is 0.929. The van der Waals surface area contributed by atoms with Gasteiger partial charge in [0.25, 0.3) is 0 Å². The van der Waals surface area contributed by atoms with Crippen molar-refractivity contribution < 1.29 is 4.65 Å². The molecule has 0 aliphatic heterocycles. The van der Waals surface area contributed by atoms with Crippen molar-refractivity contribution in [3.05, 3.63) is 17.9 Å². The van der Waals surface area contributed by atoms with E-state index in [0.717, 1.165) is 13.0 Å². The van der Waals surface area contributed by atoms with Crippen molar-refractivity contribution in [1.82, 2.24) is 0 Å². The van der Waals surface area contributed by atoms with E-state index in [1.54, 1.807) is 20.2 Å². The van der Waals surface area contributed by atoms with Gasteiger partial charge in [0.15, 0.2) is 0 Å². The standard InChI is InChI=1S/C5H13NO.C3H7N/c1-4-5-6(2,3)7;1-2-3-4/h4-5H2,1-3H3;2H,1,3-4H2. The highest BCUT2D eigenvalue weighted by atomic mass is 16.5. The molecule has 0 bridgehead atoms. The number of hydrogen-bond acceptors (Lipinski definition) is 2. The van der Waals surface area contributed by atoms with Gasteiger partial charge >= 0.3 is 0 Å². The van der Waals surface area contributed by atoms with Crippen LogP contribution in [-0.4, -0.2) is 31.8 Å². The molecule has 0 rings (SSSR count). The number of nitrogens with two attached hydrogens (primary N) is 1. The molecule has 0 saturated carbocycles. The molecule has 0 aliphatic carbocycles. The zero-order chi connectivity index (χ0) is 9.33. The summed E-state index contributed by atoms with van der Waals surface area (Å²) < 4.78 is -0.156. The van der Waals surface area contributed by atoms with Gasteiger partial charge in [-0.3, -0.25) is 0 Å². The van der Waals surface area contributed by atoms with Gasteiger partial charge in [0.2, 0.25) is 0 Å². The summed E-state index contributed by atoms with van der Waals surface area (Å²) in [4.78, 5) is 0. The fourth-order valence-electron chi connectivity index (χ4n) is 0.539. The van der Waals surface area contributed by atoms with Crippen LogP contribution in [0.15, 0.2) is 12.7 Å². The maximum Gasteiger partial charge on any atom is 0.0777 e. The largest absolute Gasteiger partial charge is 0.633 e. The van der Waals surface area contributed by atoms with Gasteiger partial charge in [-0.05, 0) is 6.42 Å². The molecule has 0 aromatic rings. The van der Waals surface area contributed by atoms with E-state index >= 15 is 0 Å². The molecule has 3 nitrogen and oxygen atoms in total. The summed E-state index contributed by atoms with van der Waals surface area (Å²) in [5.74, 6) is 0. The highest BCUT2D eigenvalue weighted by molar-refractivity contribution is 4.64. The Morgan fingerprint density at radius 2 is 1.91 bits per heavy atom. The Morgan fingerprint density at radius 1 is 1.55 bits per heavy atom. The molecule has 0 radical (unpaired) electrons. The molecule has 0 fully saturated rings. The molecule has 0 saturated heterocycles.